The van der Waals surface area contributed by atoms with Gasteiger partial charge < -0.3 is 14.4 Å². The van der Waals surface area contributed by atoms with Crippen LogP contribution in [0.1, 0.15) is 35.9 Å². The third-order valence-corrected chi connectivity index (χ3v) is 5.37. The number of rotatable bonds is 2. The second-order valence-corrected chi connectivity index (χ2v) is 6.86. The average Bonchev–Trinajstić information content (AvgIpc) is 3.16. The zero-order valence-electron chi connectivity index (χ0n) is 14.2. The van der Waals surface area contributed by atoms with Crippen molar-refractivity contribution in [2.24, 2.45) is 0 Å². The van der Waals surface area contributed by atoms with E-state index in [1.54, 1.807) is 6.92 Å². The molecule has 2 heterocycles. The topological polar surface area (TPSA) is 70.8 Å². The van der Waals surface area contributed by atoms with Gasteiger partial charge in [-0.3, -0.25) is 4.79 Å². The zero-order chi connectivity index (χ0) is 17.8. The van der Waals surface area contributed by atoms with Crippen molar-refractivity contribution in [1.82, 2.24) is 4.90 Å². The van der Waals surface area contributed by atoms with Gasteiger partial charge in [0.05, 0.1) is 0 Å². The number of likely N-dealkylation sites (tertiary alicyclic amines) is 1. The lowest BCUT2D eigenvalue weighted by atomic mass is 9.99. The summed E-state index contributed by atoms with van der Waals surface area (Å²) in [6.07, 6.45) is 1.13. The number of carboxylic acids is 1. The smallest absolute Gasteiger partial charge is 0.329 e. The minimum Gasteiger partial charge on any atom is -0.480 e. The molecular formula is C20H19NO4. The minimum atomic E-state index is -1.18. The molecule has 1 saturated heterocycles. The highest BCUT2D eigenvalue weighted by atomic mass is 16.4. The molecule has 1 amide bonds. The predicted molar refractivity (Wildman–Crippen MR) is 94.8 cm³/mol. The standard InChI is InChI=1S/C20H19NO4/c1-12-14-9-8-13-6-3-4-7-15(13)17(14)25-16(12)18(22)21-11-5-10-20(21,2)19(23)24/h3-4,6-9H,5,10-11H2,1-2H3,(H,23,24). The first-order valence-electron chi connectivity index (χ1n) is 8.40. The largest absolute Gasteiger partial charge is 0.480 e. The predicted octanol–water partition coefficient (Wildman–Crippen LogP) is 3.97. The van der Waals surface area contributed by atoms with Crippen LogP contribution in [0.2, 0.25) is 0 Å². The van der Waals surface area contributed by atoms with Crippen LogP contribution >= 0.6 is 0 Å². The number of carbonyl (C=O) groups is 2. The van der Waals surface area contributed by atoms with Gasteiger partial charge in [0.2, 0.25) is 0 Å². The van der Waals surface area contributed by atoms with Gasteiger partial charge in [0.15, 0.2) is 5.76 Å². The van der Waals surface area contributed by atoms with Gasteiger partial charge in [-0.2, -0.15) is 0 Å². The molecule has 3 aromatic rings. The number of amides is 1. The van der Waals surface area contributed by atoms with Crippen LogP contribution in [-0.4, -0.2) is 34.0 Å². The number of carbonyl (C=O) groups excluding carboxylic acids is 1. The Hall–Kier alpha value is -2.82. The van der Waals surface area contributed by atoms with E-state index >= 15 is 0 Å². The summed E-state index contributed by atoms with van der Waals surface area (Å²) in [6.45, 7) is 3.88. The van der Waals surface area contributed by atoms with E-state index in [1.165, 1.54) is 4.90 Å². The van der Waals surface area contributed by atoms with Crippen LogP contribution in [-0.2, 0) is 4.79 Å². The van der Waals surface area contributed by atoms with Crippen molar-refractivity contribution >= 4 is 33.6 Å². The van der Waals surface area contributed by atoms with Gasteiger partial charge in [-0.15, -0.1) is 0 Å². The molecule has 25 heavy (non-hydrogen) atoms. The number of benzene rings is 2. The van der Waals surface area contributed by atoms with E-state index in [2.05, 4.69) is 0 Å². The Balaban J connectivity index is 1.87. The van der Waals surface area contributed by atoms with Crippen LogP contribution < -0.4 is 0 Å². The summed E-state index contributed by atoms with van der Waals surface area (Å²) < 4.78 is 5.98. The van der Waals surface area contributed by atoms with Crippen molar-refractivity contribution in [3.63, 3.8) is 0 Å². The molecule has 1 aromatic heterocycles. The van der Waals surface area contributed by atoms with Gasteiger partial charge in [-0.1, -0.05) is 36.4 Å². The molecule has 0 radical (unpaired) electrons. The number of aliphatic carboxylic acids is 1. The average molecular weight is 337 g/mol. The second kappa shape index (κ2) is 5.34. The van der Waals surface area contributed by atoms with Crippen molar-refractivity contribution in [1.29, 1.82) is 0 Å². The Morgan fingerprint density at radius 2 is 1.92 bits per heavy atom. The van der Waals surface area contributed by atoms with E-state index in [9.17, 15) is 14.7 Å². The van der Waals surface area contributed by atoms with Gasteiger partial charge in [-0.05, 0) is 32.1 Å². The molecule has 0 bridgehead atoms. The third kappa shape index (κ3) is 2.15. The maximum absolute atomic E-state index is 13.1. The Kier molecular flexibility index (Phi) is 3.35. The monoisotopic (exact) mass is 337 g/mol. The lowest BCUT2D eigenvalue weighted by molar-refractivity contribution is -0.147. The van der Waals surface area contributed by atoms with Gasteiger partial charge in [0.25, 0.3) is 5.91 Å². The van der Waals surface area contributed by atoms with Crippen molar-refractivity contribution in [3.8, 4) is 0 Å². The number of carboxylic acid groups (broad SMARTS) is 1. The molecule has 5 nitrogen and oxygen atoms in total. The van der Waals surface area contributed by atoms with E-state index in [0.29, 0.717) is 25.0 Å². The van der Waals surface area contributed by atoms with Crippen LogP contribution in [0.5, 0.6) is 0 Å². The van der Waals surface area contributed by atoms with E-state index in [4.69, 9.17) is 4.42 Å². The molecule has 128 valence electrons. The number of fused-ring (bicyclic) bond motifs is 3. The third-order valence-electron chi connectivity index (χ3n) is 5.37. The number of nitrogens with zero attached hydrogens (tertiary/aromatic N) is 1. The fourth-order valence-electron chi connectivity index (χ4n) is 3.79. The van der Waals surface area contributed by atoms with Crippen LogP contribution in [0.3, 0.4) is 0 Å². The molecule has 2 aromatic carbocycles. The maximum Gasteiger partial charge on any atom is 0.329 e. The van der Waals surface area contributed by atoms with Gasteiger partial charge in [0.1, 0.15) is 11.1 Å². The van der Waals surface area contributed by atoms with Crippen LogP contribution in [0.4, 0.5) is 0 Å². The molecule has 0 saturated carbocycles. The van der Waals surface area contributed by atoms with Crippen LogP contribution in [0.25, 0.3) is 21.7 Å². The van der Waals surface area contributed by atoms with Gasteiger partial charge in [-0.25, -0.2) is 4.79 Å². The SMILES string of the molecule is Cc1c(C(=O)N2CCCC2(C)C(=O)O)oc2c1ccc1ccccc12. The molecule has 1 atom stereocenters. The molecular weight excluding hydrogens is 318 g/mol. The molecule has 1 N–H and O–H groups in total. The lowest BCUT2D eigenvalue weighted by Crippen LogP contribution is -2.50. The van der Waals surface area contributed by atoms with Gasteiger partial charge >= 0.3 is 5.97 Å². The lowest BCUT2D eigenvalue weighted by Gasteiger charge is -2.30. The molecule has 1 aliphatic heterocycles. The van der Waals surface area contributed by atoms with Crippen molar-refractivity contribution in [2.45, 2.75) is 32.2 Å². The van der Waals surface area contributed by atoms with Crippen molar-refractivity contribution in [3.05, 3.63) is 47.7 Å². The molecule has 1 aliphatic rings. The second-order valence-electron chi connectivity index (χ2n) is 6.86. The highest BCUT2D eigenvalue weighted by Crippen LogP contribution is 2.35. The summed E-state index contributed by atoms with van der Waals surface area (Å²) >= 11 is 0. The molecule has 4 rings (SSSR count). The first-order valence-corrected chi connectivity index (χ1v) is 8.40. The molecule has 0 spiro atoms. The fraction of sp³-hybridized carbons (Fsp3) is 0.300. The Bertz CT molecular complexity index is 1020. The minimum absolute atomic E-state index is 0.237. The van der Waals surface area contributed by atoms with E-state index < -0.39 is 11.5 Å². The highest BCUT2D eigenvalue weighted by Gasteiger charge is 2.47. The summed E-state index contributed by atoms with van der Waals surface area (Å²) in [4.78, 5) is 26.2. The van der Waals surface area contributed by atoms with E-state index in [-0.39, 0.29) is 11.7 Å². The summed E-state index contributed by atoms with van der Waals surface area (Å²) in [7, 11) is 0. The Morgan fingerprint density at radius 1 is 1.16 bits per heavy atom. The van der Waals surface area contributed by atoms with Crippen LogP contribution in [0, 0.1) is 6.92 Å². The van der Waals surface area contributed by atoms with Crippen molar-refractivity contribution < 1.29 is 19.1 Å². The number of hydrogen-bond acceptors (Lipinski definition) is 3. The van der Waals surface area contributed by atoms with E-state index in [0.717, 1.165) is 21.7 Å². The molecule has 5 heteroatoms. The van der Waals surface area contributed by atoms with E-state index in [1.807, 2.05) is 43.3 Å². The molecule has 1 fully saturated rings. The quantitative estimate of drug-likeness (QED) is 0.768. The summed E-state index contributed by atoms with van der Waals surface area (Å²) in [5.74, 6) is -1.08. The maximum atomic E-state index is 13.1. The number of hydrogen-bond donors (Lipinski definition) is 1. The highest BCUT2D eigenvalue weighted by molar-refractivity contribution is 6.09. The van der Waals surface area contributed by atoms with Crippen LogP contribution in [0.15, 0.2) is 40.8 Å². The Morgan fingerprint density at radius 3 is 2.68 bits per heavy atom. The molecule has 0 aliphatic carbocycles. The summed E-state index contributed by atoms with van der Waals surface area (Å²) in [5.41, 5.74) is 0.255. The number of furan rings is 1. The summed E-state index contributed by atoms with van der Waals surface area (Å²) in [6, 6.07) is 11.8. The van der Waals surface area contributed by atoms with Crippen molar-refractivity contribution in [2.75, 3.05) is 6.54 Å². The molecule has 1 unspecified atom stereocenters. The first-order chi connectivity index (χ1) is 11.9. The fourth-order valence-corrected chi connectivity index (χ4v) is 3.79. The first kappa shape index (κ1) is 15.7. The summed E-state index contributed by atoms with van der Waals surface area (Å²) in [5, 5.41) is 12.4. The Labute approximate surface area is 144 Å². The normalized spacial score (nSPS) is 20.5. The van der Waals surface area contributed by atoms with Gasteiger partial charge in [0, 0.05) is 22.9 Å². The number of aryl methyl sites for hydroxylation is 1. The zero-order valence-corrected chi connectivity index (χ0v) is 14.2.